The molecule has 19 heavy (non-hydrogen) atoms. The third-order valence-corrected chi connectivity index (χ3v) is 3.43. The number of hydrogen-bond acceptors (Lipinski definition) is 3. The monoisotopic (exact) mass is 285 g/mol. The van der Waals surface area contributed by atoms with E-state index >= 15 is 0 Å². The van der Waals surface area contributed by atoms with Crippen molar-refractivity contribution >= 4 is 17.6 Å². The van der Waals surface area contributed by atoms with E-state index in [-0.39, 0.29) is 0 Å². The highest BCUT2D eigenvalue weighted by Crippen LogP contribution is 2.25. The lowest BCUT2D eigenvalue weighted by Crippen LogP contribution is -2.42. The predicted molar refractivity (Wildman–Crippen MR) is 76.1 cm³/mol. The van der Waals surface area contributed by atoms with Gasteiger partial charge in [0.2, 0.25) is 0 Å². The number of halogens is 1. The summed E-state index contributed by atoms with van der Waals surface area (Å²) >= 11 is 5.97. The Morgan fingerprint density at radius 1 is 1.42 bits per heavy atom. The zero-order chi connectivity index (χ0) is 14.4. The summed E-state index contributed by atoms with van der Waals surface area (Å²) in [7, 11) is 1.57. The second-order valence-corrected chi connectivity index (χ2v) is 4.67. The maximum Gasteiger partial charge on any atom is 0.321 e. The molecule has 0 radical (unpaired) electrons. The topological polar surface area (TPSA) is 49.8 Å². The number of carboxylic acid groups (broad SMARTS) is 1. The van der Waals surface area contributed by atoms with Gasteiger partial charge in [-0.25, -0.2) is 0 Å². The van der Waals surface area contributed by atoms with Crippen molar-refractivity contribution in [3.05, 3.63) is 28.8 Å². The second-order valence-electron chi connectivity index (χ2n) is 4.24. The van der Waals surface area contributed by atoms with Crippen molar-refractivity contribution in [2.24, 2.45) is 0 Å². The van der Waals surface area contributed by atoms with Crippen LogP contribution < -0.4 is 4.74 Å². The van der Waals surface area contributed by atoms with Crippen LogP contribution in [-0.4, -0.2) is 42.2 Å². The van der Waals surface area contributed by atoms with Crippen molar-refractivity contribution in [3.63, 3.8) is 0 Å². The van der Waals surface area contributed by atoms with E-state index in [9.17, 15) is 9.90 Å². The van der Waals surface area contributed by atoms with Crippen molar-refractivity contribution in [2.45, 2.75) is 26.3 Å². The number of carboxylic acids is 1. The highest BCUT2D eigenvalue weighted by Gasteiger charge is 2.25. The van der Waals surface area contributed by atoms with Crippen LogP contribution in [0.25, 0.3) is 0 Å². The third kappa shape index (κ3) is 4.11. The summed E-state index contributed by atoms with van der Waals surface area (Å²) < 4.78 is 5.26. The van der Waals surface area contributed by atoms with Gasteiger partial charge in [0.05, 0.1) is 7.11 Å². The van der Waals surface area contributed by atoms with Crippen LogP contribution in [0.4, 0.5) is 0 Å². The average Bonchev–Trinajstić information content (AvgIpc) is 2.39. The van der Waals surface area contributed by atoms with E-state index in [0.29, 0.717) is 30.3 Å². The summed E-state index contributed by atoms with van der Waals surface area (Å²) in [5.41, 5.74) is 0.814. The average molecular weight is 286 g/mol. The molecular weight excluding hydrogens is 266 g/mol. The second kappa shape index (κ2) is 7.36. The number of hydrogen-bond donors (Lipinski definition) is 1. The Morgan fingerprint density at radius 2 is 2.05 bits per heavy atom. The molecule has 0 heterocycles. The van der Waals surface area contributed by atoms with Crippen LogP contribution in [0.1, 0.15) is 19.4 Å². The van der Waals surface area contributed by atoms with Crippen molar-refractivity contribution < 1.29 is 14.6 Å². The molecule has 0 saturated heterocycles. The number of ether oxygens (including phenoxy) is 1. The van der Waals surface area contributed by atoms with Gasteiger partial charge in [-0.2, -0.15) is 0 Å². The maximum atomic E-state index is 11.4. The quantitative estimate of drug-likeness (QED) is 0.837. The fraction of sp³-hybridized carbons (Fsp3) is 0.500. The van der Waals surface area contributed by atoms with Crippen molar-refractivity contribution in [2.75, 3.05) is 20.2 Å². The van der Waals surface area contributed by atoms with E-state index in [1.54, 1.807) is 25.3 Å². The molecule has 106 valence electrons. The van der Waals surface area contributed by atoms with E-state index in [2.05, 4.69) is 0 Å². The van der Waals surface area contributed by atoms with Gasteiger partial charge in [-0.1, -0.05) is 25.4 Å². The number of nitrogens with zero attached hydrogens (tertiary/aromatic N) is 1. The van der Waals surface area contributed by atoms with Gasteiger partial charge in [0, 0.05) is 11.4 Å². The first-order chi connectivity index (χ1) is 9.03. The highest BCUT2D eigenvalue weighted by molar-refractivity contribution is 6.30. The van der Waals surface area contributed by atoms with Crippen LogP contribution in [0, 0.1) is 0 Å². The molecule has 1 aromatic rings. The first-order valence-electron chi connectivity index (χ1n) is 6.32. The van der Waals surface area contributed by atoms with Crippen LogP contribution in [0.2, 0.25) is 5.02 Å². The summed E-state index contributed by atoms with van der Waals surface area (Å²) in [4.78, 5) is 13.3. The smallest absolute Gasteiger partial charge is 0.321 e. The summed E-state index contributed by atoms with van der Waals surface area (Å²) in [5.74, 6) is -0.159. The molecule has 0 aliphatic carbocycles. The van der Waals surface area contributed by atoms with Crippen LogP contribution in [-0.2, 0) is 11.2 Å². The van der Waals surface area contributed by atoms with E-state index in [0.717, 1.165) is 5.56 Å². The molecule has 1 rings (SSSR count). The predicted octanol–water partition coefficient (Wildman–Crippen LogP) is 2.69. The van der Waals surface area contributed by atoms with Gasteiger partial charge in [-0.3, -0.25) is 9.69 Å². The minimum atomic E-state index is -0.828. The Hall–Kier alpha value is -1.26. The van der Waals surface area contributed by atoms with Gasteiger partial charge in [0.25, 0.3) is 0 Å². The number of likely N-dealkylation sites (N-methyl/N-ethyl adjacent to an activating group) is 1. The molecule has 0 spiro atoms. The molecule has 1 atom stereocenters. The van der Waals surface area contributed by atoms with E-state index in [1.807, 2.05) is 18.7 Å². The fourth-order valence-electron chi connectivity index (χ4n) is 2.15. The Bertz CT molecular complexity index is 433. The number of benzene rings is 1. The Labute approximate surface area is 118 Å². The standard InChI is InChI=1S/C14H20ClNO3/c1-4-16(5-2)12(14(17)18)9-10-8-11(15)6-7-13(10)19-3/h6-8,12H,4-5,9H2,1-3H3,(H,17,18). The van der Waals surface area contributed by atoms with Crippen LogP contribution in [0.3, 0.4) is 0 Å². The molecule has 0 fully saturated rings. The van der Waals surface area contributed by atoms with Gasteiger partial charge >= 0.3 is 5.97 Å². The van der Waals surface area contributed by atoms with E-state index in [4.69, 9.17) is 16.3 Å². The van der Waals surface area contributed by atoms with Crippen molar-refractivity contribution in [1.82, 2.24) is 4.90 Å². The number of rotatable bonds is 7. The van der Waals surface area contributed by atoms with Crippen LogP contribution in [0.15, 0.2) is 18.2 Å². The highest BCUT2D eigenvalue weighted by atomic mass is 35.5. The third-order valence-electron chi connectivity index (χ3n) is 3.19. The molecule has 1 aromatic carbocycles. The minimum absolute atomic E-state index is 0.376. The molecule has 5 heteroatoms. The number of aliphatic carboxylic acids is 1. The lowest BCUT2D eigenvalue weighted by Gasteiger charge is -2.26. The summed E-state index contributed by atoms with van der Waals surface area (Å²) in [6.45, 7) is 5.29. The number of carbonyl (C=O) groups is 1. The molecule has 0 bridgehead atoms. The SMILES string of the molecule is CCN(CC)C(Cc1cc(Cl)ccc1OC)C(=O)O. The Balaban J connectivity index is 3.02. The van der Waals surface area contributed by atoms with E-state index < -0.39 is 12.0 Å². The Morgan fingerprint density at radius 3 is 2.53 bits per heavy atom. The van der Waals surface area contributed by atoms with E-state index in [1.165, 1.54) is 0 Å². The maximum absolute atomic E-state index is 11.4. The molecule has 0 aliphatic heterocycles. The van der Waals surface area contributed by atoms with Crippen molar-refractivity contribution in [3.8, 4) is 5.75 Å². The molecule has 0 amide bonds. The first kappa shape index (κ1) is 15.8. The lowest BCUT2D eigenvalue weighted by atomic mass is 10.0. The molecule has 1 N–H and O–H groups in total. The molecule has 0 aromatic heterocycles. The first-order valence-corrected chi connectivity index (χ1v) is 6.70. The molecule has 0 saturated carbocycles. The lowest BCUT2D eigenvalue weighted by molar-refractivity contribution is -0.143. The van der Waals surface area contributed by atoms with Crippen LogP contribution >= 0.6 is 11.6 Å². The number of methoxy groups -OCH3 is 1. The summed E-state index contributed by atoms with van der Waals surface area (Å²) in [5, 5.41) is 9.97. The minimum Gasteiger partial charge on any atom is -0.496 e. The van der Waals surface area contributed by atoms with Gasteiger partial charge in [0.1, 0.15) is 11.8 Å². The summed E-state index contributed by atoms with van der Waals surface area (Å²) in [6, 6.07) is 4.69. The summed E-state index contributed by atoms with van der Waals surface area (Å²) in [6.07, 6.45) is 0.376. The van der Waals surface area contributed by atoms with Crippen molar-refractivity contribution in [1.29, 1.82) is 0 Å². The van der Waals surface area contributed by atoms with Gasteiger partial charge in [-0.05, 0) is 36.9 Å². The molecule has 1 unspecified atom stereocenters. The molecule has 4 nitrogen and oxygen atoms in total. The molecule has 0 aliphatic rings. The fourth-order valence-corrected chi connectivity index (χ4v) is 2.35. The normalized spacial score (nSPS) is 12.5. The van der Waals surface area contributed by atoms with Crippen LogP contribution in [0.5, 0.6) is 5.75 Å². The van der Waals surface area contributed by atoms with Gasteiger partial charge in [0.15, 0.2) is 0 Å². The Kier molecular flexibility index (Phi) is 6.12. The largest absolute Gasteiger partial charge is 0.496 e. The zero-order valence-electron chi connectivity index (χ0n) is 11.5. The molecular formula is C14H20ClNO3. The van der Waals surface area contributed by atoms with Gasteiger partial charge in [-0.15, -0.1) is 0 Å². The van der Waals surface area contributed by atoms with Gasteiger partial charge < -0.3 is 9.84 Å². The zero-order valence-corrected chi connectivity index (χ0v) is 12.3.